The van der Waals surface area contributed by atoms with Crippen molar-refractivity contribution in [3.63, 3.8) is 0 Å². The average molecular weight is 1060 g/mol. The number of hydrogen-bond donors (Lipinski definition) is 6. The van der Waals surface area contributed by atoms with Gasteiger partial charge in [0.15, 0.2) is 24.8 Å². The summed E-state index contributed by atoms with van der Waals surface area (Å²) in [5.74, 6) is -0.329. The summed E-state index contributed by atoms with van der Waals surface area (Å²) in [4.78, 5) is 33.8. The predicted molar refractivity (Wildman–Crippen MR) is 303 cm³/mol. The minimum atomic E-state index is -0.168. The van der Waals surface area contributed by atoms with Gasteiger partial charge < -0.3 is 57.1 Å². The summed E-state index contributed by atoms with van der Waals surface area (Å²) in [5, 5.41) is 18.8. The highest BCUT2D eigenvalue weighted by Gasteiger charge is 2.10. The molecule has 12 nitrogen and oxygen atoms in total. The zero-order valence-corrected chi connectivity index (χ0v) is 42.7. The van der Waals surface area contributed by atoms with Gasteiger partial charge >= 0.3 is 0 Å². The van der Waals surface area contributed by atoms with Gasteiger partial charge in [-0.2, -0.15) is 0 Å². The number of amides is 2. The molecule has 0 spiro atoms. The van der Waals surface area contributed by atoms with E-state index >= 15 is 0 Å². The third-order valence-electron chi connectivity index (χ3n) is 11.1. The van der Waals surface area contributed by atoms with Crippen LogP contribution in [0, 0.1) is 13.8 Å². The molecule has 6 aromatic carbocycles. The van der Waals surface area contributed by atoms with Crippen molar-refractivity contribution in [2.45, 2.75) is 28.7 Å². The Balaban J connectivity index is 0.000000264. The lowest BCUT2D eigenvalue weighted by atomic mass is 10.1. The second kappa shape index (κ2) is 28.0. The number of halogens is 3. The normalized spacial score (nSPS) is 9.93. The molecule has 0 saturated carbocycles. The van der Waals surface area contributed by atoms with Gasteiger partial charge in [-0.1, -0.05) is 62.9 Å². The number of carbonyl (C=O) groups excluding carboxylic acids is 2. The van der Waals surface area contributed by atoms with Crippen LogP contribution in [0.3, 0.4) is 0 Å². The van der Waals surface area contributed by atoms with Crippen LogP contribution < -0.4 is 66.3 Å². The molecule has 0 bridgehead atoms. The van der Waals surface area contributed by atoms with E-state index in [9.17, 15) is 9.59 Å². The highest BCUT2D eigenvalue weighted by Crippen LogP contribution is 2.27. The Kier molecular flexibility index (Phi) is 22.1. The fourth-order valence-electron chi connectivity index (χ4n) is 7.34. The molecule has 4 aromatic heterocycles. The fourth-order valence-corrected chi connectivity index (χ4v) is 7.56. The Morgan fingerprint density at radius 2 is 0.880 bits per heavy atom. The molecular formula is C60H61Cl3N10O2. The number of fused-ring (bicyclic) bond motifs is 2. The summed E-state index contributed by atoms with van der Waals surface area (Å²) in [6, 6.07) is 53.5. The summed E-state index contributed by atoms with van der Waals surface area (Å²) in [7, 11) is 3.95. The van der Waals surface area contributed by atoms with Crippen molar-refractivity contribution in [1.29, 1.82) is 0 Å². The van der Waals surface area contributed by atoms with Crippen LogP contribution in [-0.4, -0.2) is 21.8 Å². The highest BCUT2D eigenvalue weighted by atomic mass is 35.5. The van der Waals surface area contributed by atoms with Gasteiger partial charge in [-0.05, 0) is 134 Å². The molecule has 0 aliphatic carbocycles. The number of benzene rings is 6. The third kappa shape index (κ3) is 16.7. The van der Waals surface area contributed by atoms with Crippen molar-refractivity contribution in [2.75, 3.05) is 32.3 Å². The molecule has 10 aromatic rings. The van der Waals surface area contributed by atoms with Gasteiger partial charge in [0.25, 0.3) is 11.8 Å². The summed E-state index contributed by atoms with van der Waals surface area (Å²) in [6.45, 7) is 4.10. The van der Waals surface area contributed by atoms with E-state index in [-0.39, 0.29) is 51.5 Å². The van der Waals surface area contributed by atoms with Crippen LogP contribution >= 0.6 is 11.6 Å². The summed E-state index contributed by atoms with van der Waals surface area (Å²) in [6.07, 6.45) is 11.4. The molecule has 0 atom stereocenters. The van der Waals surface area contributed by atoms with Gasteiger partial charge in [-0.3, -0.25) is 19.6 Å². The van der Waals surface area contributed by atoms with Crippen LogP contribution in [0.2, 0.25) is 5.02 Å². The van der Waals surface area contributed by atoms with E-state index in [1.807, 2.05) is 176 Å². The monoisotopic (exact) mass is 1060 g/mol. The maximum atomic E-state index is 12.8. The number of nitrogens with two attached hydrogens (primary N) is 1. The van der Waals surface area contributed by atoms with Crippen LogP contribution in [-0.2, 0) is 14.1 Å². The lowest BCUT2D eigenvalue weighted by molar-refractivity contribution is -0.671. The standard InChI is InChI=1S/C29H25N5O.C19H18N4O.C10H8ClN.2CH4.2ClH/c1-20-6-11-26-27(12-15-30-28(26)18-20)32-22-9-7-21(8-10-22)29(35)33-25-5-3-4-24(19-25)31-23-13-16-34(2)17-14-23;1-23-11-9-16(10-12-23)21-17-3-2-4-18(13-17)22-19(24)14-5-7-15(20)8-6-14;1-7-2-3-8-9(11)4-5-12-10(8)6-7;;;;/h3-19H,1-2H3,(H2,30,32,33,35);2-13H,1H3,(H3,20,22,24);2-6H,1H3;2*1H4;2*1H. The van der Waals surface area contributed by atoms with Gasteiger partial charge in [-0.15, -0.1) is 0 Å². The molecule has 15 heteroatoms. The molecule has 10 rings (SSSR count). The van der Waals surface area contributed by atoms with Crippen LogP contribution in [0.4, 0.5) is 51.2 Å². The number of nitrogens with one attached hydrogen (secondary N) is 5. The second-order valence-corrected chi connectivity index (χ2v) is 17.2. The Hall–Kier alpha value is -8.55. The Morgan fingerprint density at radius 3 is 1.37 bits per heavy atom. The molecule has 0 fully saturated rings. The van der Waals surface area contributed by atoms with Gasteiger partial charge in [0, 0.05) is 98.4 Å². The van der Waals surface area contributed by atoms with Gasteiger partial charge in [0.05, 0.1) is 27.4 Å². The molecule has 4 heterocycles. The lowest BCUT2D eigenvalue weighted by Crippen LogP contribution is -3.00. The lowest BCUT2D eigenvalue weighted by Gasteiger charge is -2.11. The zero-order chi connectivity index (χ0) is 49.7. The van der Waals surface area contributed by atoms with E-state index < -0.39 is 0 Å². The third-order valence-corrected chi connectivity index (χ3v) is 11.4. The maximum Gasteiger partial charge on any atom is 0.255 e. The van der Waals surface area contributed by atoms with Crippen molar-refractivity contribution >= 4 is 96.4 Å². The van der Waals surface area contributed by atoms with Gasteiger partial charge in [0.1, 0.15) is 14.1 Å². The number of carbonyl (C=O) groups is 2. The minimum absolute atomic E-state index is 0. The van der Waals surface area contributed by atoms with Crippen LogP contribution in [0.1, 0.15) is 46.7 Å². The summed E-state index contributed by atoms with van der Waals surface area (Å²) in [5.41, 5.74) is 18.8. The number of rotatable bonds is 10. The van der Waals surface area contributed by atoms with Gasteiger partial charge in [0.2, 0.25) is 0 Å². The smallest absolute Gasteiger partial charge is 0.255 e. The largest absolute Gasteiger partial charge is 1.00 e. The molecule has 0 aliphatic heterocycles. The molecule has 0 unspecified atom stereocenters. The van der Waals surface area contributed by atoms with Crippen molar-refractivity contribution in [3.8, 4) is 0 Å². The number of anilines is 9. The van der Waals surface area contributed by atoms with Crippen molar-refractivity contribution in [3.05, 3.63) is 234 Å². The number of aryl methyl sites for hydroxylation is 4. The van der Waals surface area contributed by atoms with E-state index in [0.29, 0.717) is 16.8 Å². The van der Waals surface area contributed by atoms with E-state index in [1.165, 1.54) is 11.1 Å². The minimum Gasteiger partial charge on any atom is -1.00 e. The van der Waals surface area contributed by atoms with Crippen LogP contribution in [0.5, 0.6) is 0 Å². The topological polar surface area (TPSA) is 154 Å². The van der Waals surface area contributed by atoms with E-state index in [4.69, 9.17) is 17.3 Å². The Morgan fingerprint density at radius 1 is 0.467 bits per heavy atom. The number of pyridine rings is 4. The summed E-state index contributed by atoms with van der Waals surface area (Å²) < 4.78 is 3.94. The Bertz CT molecular complexity index is 3450. The molecule has 75 heavy (non-hydrogen) atoms. The molecule has 2 amide bonds. The Labute approximate surface area is 456 Å². The second-order valence-electron chi connectivity index (χ2n) is 16.8. The predicted octanol–water partition coefficient (Wildman–Crippen LogP) is 7.67. The molecule has 0 aliphatic rings. The summed E-state index contributed by atoms with van der Waals surface area (Å²) >= 11 is 5.97. The first kappa shape index (κ1) is 59.0. The highest BCUT2D eigenvalue weighted by molar-refractivity contribution is 6.35. The van der Waals surface area contributed by atoms with Crippen LogP contribution in [0.15, 0.2) is 207 Å². The molecule has 0 saturated heterocycles. The molecular weight excluding hydrogens is 999 g/mol. The SMILES string of the molecule is C.C.C[n+]1ccc(Nc2cccc(NC(=O)c3ccc(N)cc3)c2)cc1.Cc1ccc2c(Cl)ccnc2c1.Cc1ccc2c(Nc3ccc(C(=O)Nc4cccc(Nc5cc[n+](C)cc5)c4)cc3)ccnc2c1.[Cl-].[Cl-]. The average Bonchev–Trinajstić information content (AvgIpc) is 3.36. The first-order valence-corrected chi connectivity index (χ1v) is 23.1. The first-order valence-electron chi connectivity index (χ1n) is 22.8. The van der Waals surface area contributed by atoms with Crippen molar-refractivity contribution in [1.82, 2.24) is 9.97 Å². The van der Waals surface area contributed by atoms with E-state index in [2.05, 4.69) is 61.7 Å². The molecule has 384 valence electrons. The molecule has 0 radical (unpaired) electrons. The fraction of sp³-hybridized carbons (Fsp3) is 0.100. The quantitative estimate of drug-likeness (QED) is 0.0603. The molecule has 7 N–H and O–H groups in total. The van der Waals surface area contributed by atoms with Crippen LogP contribution in [0.25, 0.3) is 21.8 Å². The number of hydrogen-bond acceptors (Lipinski definition) is 8. The van der Waals surface area contributed by atoms with Gasteiger partial charge in [-0.25, -0.2) is 9.13 Å². The van der Waals surface area contributed by atoms with Crippen molar-refractivity contribution < 1.29 is 43.5 Å². The van der Waals surface area contributed by atoms with E-state index in [1.54, 1.807) is 42.7 Å². The van der Waals surface area contributed by atoms with E-state index in [0.717, 1.165) is 72.3 Å². The number of aromatic nitrogens is 4. The number of nitrogens with zero attached hydrogens (tertiary/aromatic N) is 4. The maximum absolute atomic E-state index is 12.8. The van der Waals surface area contributed by atoms with Crippen molar-refractivity contribution in [2.24, 2.45) is 14.1 Å². The number of nitrogen functional groups attached to an aromatic ring is 1. The first-order chi connectivity index (χ1) is 34.4. The zero-order valence-electron chi connectivity index (χ0n) is 40.4.